The molecule has 1 aliphatic rings. The number of nitrogens with one attached hydrogen (secondary N) is 1. The minimum atomic E-state index is -1.42. The second kappa shape index (κ2) is 22.2. The van der Waals surface area contributed by atoms with Gasteiger partial charge in [0, 0.05) is 19.0 Å². The van der Waals surface area contributed by atoms with E-state index in [9.17, 15) is 29.7 Å². The highest BCUT2D eigenvalue weighted by molar-refractivity contribution is 5.89. The molecule has 11 nitrogen and oxygen atoms in total. The molecule has 1 aromatic rings. The quantitative estimate of drug-likeness (QED) is 0.0956. The predicted molar refractivity (Wildman–Crippen MR) is 164 cm³/mol. The minimum absolute atomic E-state index is 0.0177. The van der Waals surface area contributed by atoms with Gasteiger partial charge in [-0.05, 0) is 18.9 Å². The standard InChI is InChI=1S/C32H55N3O8/c1-2-3-4-5-6-7-8-9-10-11-12-13-14-15-16-17-23-42-28(38)20-18-19-27(37)33-26-21-22-35(32(41)34-26)31-30(40)29(39)25(24-36)43-31/h21-22,25,29-31,36,39-40H,2-20,23-24H2,1H3,(H,33,34,37,41)/t25-,29-,30+,31-/m1/s1. The van der Waals surface area contributed by atoms with Crippen molar-refractivity contribution in [1.29, 1.82) is 0 Å². The van der Waals surface area contributed by atoms with Crippen LogP contribution >= 0.6 is 0 Å². The summed E-state index contributed by atoms with van der Waals surface area (Å²) in [5.41, 5.74) is -0.801. The fraction of sp³-hybridized carbons (Fsp3) is 0.812. The Morgan fingerprint density at radius 3 is 1.93 bits per heavy atom. The molecule has 0 aliphatic carbocycles. The summed E-state index contributed by atoms with van der Waals surface area (Å²) in [6.45, 7) is 2.15. The fourth-order valence-electron chi connectivity index (χ4n) is 5.29. The van der Waals surface area contributed by atoms with Gasteiger partial charge in [-0.3, -0.25) is 14.2 Å². The Kier molecular flexibility index (Phi) is 19.0. The molecule has 246 valence electrons. The molecule has 1 aliphatic heterocycles. The van der Waals surface area contributed by atoms with Gasteiger partial charge in [-0.15, -0.1) is 0 Å². The van der Waals surface area contributed by atoms with E-state index in [1.165, 1.54) is 95.7 Å². The summed E-state index contributed by atoms with van der Waals surface area (Å²) in [6.07, 6.45) is 17.4. The lowest BCUT2D eigenvalue weighted by molar-refractivity contribution is -0.143. The largest absolute Gasteiger partial charge is 0.466 e. The maximum Gasteiger partial charge on any atom is 0.351 e. The Hall–Kier alpha value is -2.34. The van der Waals surface area contributed by atoms with Crippen molar-refractivity contribution < 1.29 is 34.4 Å². The molecule has 0 radical (unpaired) electrons. The molecular weight excluding hydrogens is 554 g/mol. The molecule has 0 unspecified atom stereocenters. The molecule has 0 aromatic carbocycles. The van der Waals surface area contributed by atoms with Crippen LogP contribution in [-0.2, 0) is 19.1 Å². The number of aliphatic hydroxyl groups excluding tert-OH is 3. The van der Waals surface area contributed by atoms with Crippen molar-refractivity contribution >= 4 is 17.7 Å². The van der Waals surface area contributed by atoms with Gasteiger partial charge >= 0.3 is 11.7 Å². The van der Waals surface area contributed by atoms with E-state index in [0.717, 1.165) is 23.8 Å². The highest BCUT2D eigenvalue weighted by Gasteiger charge is 2.43. The number of anilines is 1. The number of amides is 1. The summed E-state index contributed by atoms with van der Waals surface area (Å²) in [5, 5.41) is 31.7. The van der Waals surface area contributed by atoms with E-state index < -0.39 is 42.7 Å². The topological polar surface area (TPSA) is 160 Å². The number of carbonyl (C=O) groups is 2. The van der Waals surface area contributed by atoms with E-state index in [2.05, 4.69) is 17.2 Å². The Morgan fingerprint density at radius 2 is 1.42 bits per heavy atom. The van der Waals surface area contributed by atoms with Crippen molar-refractivity contribution in [1.82, 2.24) is 9.55 Å². The Balaban J connectivity index is 1.44. The Bertz CT molecular complexity index is 972. The van der Waals surface area contributed by atoms with Crippen LogP contribution in [0.5, 0.6) is 0 Å². The molecule has 0 saturated carbocycles. The predicted octanol–water partition coefficient (Wildman–Crippen LogP) is 4.77. The van der Waals surface area contributed by atoms with E-state index in [1.54, 1.807) is 0 Å². The van der Waals surface area contributed by atoms with Gasteiger partial charge in [0.15, 0.2) is 6.23 Å². The molecule has 0 spiro atoms. The normalized spacial score (nSPS) is 19.9. The highest BCUT2D eigenvalue weighted by atomic mass is 16.6. The molecular formula is C32H55N3O8. The van der Waals surface area contributed by atoms with Crippen LogP contribution in [0.15, 0.2) is 17.1 Å². The molecule has 4 N–H and O–H groups in total. The third-order valence-electron chi connectivity index (χ3n) is 7.93. The second-order valence-corrected chi connectivity index (χ2v) is 11.7. The molecule has 2 heterocycles. The van der Waals surface area contributed by atoms with Gasteiger partial charge < -0.3 is 30.1 Å². The third kappa shape index (κ3) is 14.8. The number of esters is 1. The minimum Gasteiger partial charge on any atom is -0.466 e. The van der Waals surface area contributed by atoms with Gasteiger partial charge in [0.1, 0.15) is 24.1 Å². The van der Waals surface area contributed by atoms with Crippen molar-refractivity contribution in [3.8, 4) is 0 Å². The van der Waals surface area contributed by atoms with E-state index >= 15 is 0 Å². The van der Waals surface area contributed by atoms with Crippen LogP contribution in [0.25, 0.3) is 0 Å². The number of unbranched alkanes of at least 4 members (excludes halogenated alkanes) is 15. The number of hydrogen-bond acceptors (Lipinski definition) is 9. The molecule has 2 rings (SSSR count). The molecule has 43 heavy (non-hydrogen) atoms. The third-order valence-corrected chi connectivity index (χ3v) is 7.93. The highest BCUT2D eigenvalue weighted by Crippen LogP contribution is 2.28. The number of rotatable bonds is 24. The summed E-state index contributed by atoms with van der Waals surface area (Å²) in [5.74, 6) is -0.708. The maximum atomic E-state index is 12.4. The second-order valence-electron chi connectivity index (χ2n) is 11.7. The van der Waals surface area contributed by atoms with Crippen LogP contribution in [0, 0.1) is 0 Å². The van der Waals surface area contributed by atoms with Crippen molar-refractivity contribution in [2.45, 2.75) is 153 Å². The van der Waals surface area contributed by atoms with Crippen molar-refractivity contribution in [3.63, 3.8) is 0 Å². The van der Waals surface area contributed by atoms with Gasteiger partial charge in [-0.1, -0.05) is 103 Å². The maximum absolute atomic E-state index is 12.4. The number of nitrogens with zero attached hydrogens (tertiary/aromatic N) is 2. The first-order valence-corrected chi connectivity index (χ1v) is 16.5. The van der Waals surface area contributed by atoms with Crippen LogP contribution in [0.3, 0.4) is 0 Å². The number of aromatic nitrogens is 2. The molecule has 1 aromatic heterocycles. The monoisotopic (exact) mass is 609 g/mol. The summed E-state index contributed by atoms with van der Waals surface area (Å²) in [4.78, 5) is 40.3. The van der Waals surface area contributed by atoms with Gasteiger partial charge in [-0.25, -0.2) is 4.79 Å². The average Bonchev–Trinajstić information content (AvgIpc) is 3.27. The zero-order valence-corrected chi connectivity index (χ0v) is 26.1. The Labute approximate surface area is 256 Å². The fourth-order valence-corrected chi connectivity index (χ4v) is 5.29. The first kappa shape index (κ1) is 36.8. The van der Waals surface area contributed by atoms with Crippen LogP contribution in [0.1, 0.15) is 135 Å². The lowest BCUT2D eigenvalue weighted by Gasteiger charge is -2.17. The molecule has 0 bridgehead atoms. The molecule has 1 saturated heterocycles. The van der Waals surface area contributed by atoms with Crippen molar-refractivity contribution in [3.05, 3.63) is 22.7 Å². The lowest BCUT2D eigenvalue weighted by Crippen LogP contribution is -2.36. The summed E-state index contributed by atoms with van der Waals surface area (Å²) < 4.78 is 11.6. The SMILES string of the molecule is CCCCCCCCCCCCCCCCCCOC(=O)CCCC(=O)Nc1ccn([C@@H]2O[C@H](CO)[C@@H](O)[C@@H]2O)c(=O)n1. The smallest absolute Gasteiger partial charge is 0.351 e. The van der Waals surface area contributed by atoms with E-state index in [0.29, 0.717) is 13.0 Å². The number of carbonyl (C=O) groups excluding carboxylic acids is 2. The zero-order chi connectivity index (χ0) is 31.3. The first-order chi connectivity index (χ1) is 20.9. The summed E-state index contributed by atoms with van der Waals surface area (Å²) in [7, 11) is 0. The Morgan fingerprint density at radius 1 is 0.860 bits per heavy atom. The van der Waals surface area contributed by atoms with Gasteiger partial charge in [0.2, 0.25) is 5.91 Å². The zero-order valence-electron chi connectivity index (χ0n) is 26.1. The van der Waals surface area contributed by atoms with Gasteiger partial charge in [0.05, 0.1) is 13.2 Å². The summed E-state index contributed by atoms with van der Waals surface area (Å²) in [6, 6.07) is 1.36. The molecule has 1 fully saturated rings. The average molecular weight is 610 g/mol. The molecule has 1 amide bonds. The van der Waals surface area contributed by atoms with Crippen LogP contribution in [-0.4, -0.2) is 68.3 Å². The van der Waals surface area contributed by atoms with E-state index in [1.807, 2.05) is 0 Å². The van der Waals surface area contributed by atoms with E-state index in [-0.39, 0.29) is 24.6 Å². The molecule has 11 heteroatoms. The van der Waals surface area contributed by atoms with Gasteiger partial charge in [-0.2, -0.15) is 4.98 Å². The van der Waals surface area contributed by atoms with Crippen LogP contribution < -0.4 is 11.0 Å². The number of hydrogen-bond donors (Lipinski definition) is 4. The number of aliphatic hydroxyl groups is 3. The van der Waals surface area contributed by atoms with Crippen LogP contribution in [0.4, 0.5) is 5.82 Å². The van der Waals surface area contributed by atoms with Crippen LogP contribution in [0.2, 0.25) is 0 Å². The van der Waals surface area contributed by atoms with E-state index in [4.69, 9.17) is 9.47 Å². The molecule has 4 atom stereocenters. The van der Waals surface area contributed by atoms with Gasteiger partial charge in [0.25, 0.3) is 0 Å². The lowest BCUT2D eigenvalue weighted by atomic mass is 10.0. The first-order valence-electron chi connectivity index (χ1n) is 16.5. The van der Waals surface area contributed by atoms with Crippen molar-refractivity contribution in [2.75, 3.05) is 18.5 Å². The number of ether oxygens (including phenoxy) is 2. The summed E-state index contributed by atoms with van der Waals surface area (Å²) >= 11 is 0. The van der Waals surface area contributed by atoms with Crippen molar-refractivity contribution in [2.24, 2.45) is 0 Å².